The Hall–Kier alpha value is -0.300. The van der Waals surface area contributed by atoms with Gasteiger partial charge in [0.15, 0.2) is 0 Å². The van der Waals surface area contributed by atoms with E-state index in [2.05, 4.69) is 6.58 Å². The standard InChI is InChI=1S/C3H6N/c1-2-3-4/h2,4H,1,3H2/i3+1. The average molecular weight is 57.1 g/mol. The van der Waals surface area contributed by atoms with Gasteiger partial charge in [0.25, 0.3) is 0 Å². The molecule has 0 amide bonds. The minimum atomic E-state index is 0.333. The van der Waals surface area contributed by atoms with E-state index in [0.29, 0.717) is 6.54 Å². The second-order valence-electron chi connectivity index (χ2n) is 0.493. The van der Waals surface area contributed by atoms with E-state index < -0.39 is 0 Å². The van der Waals surface area contributed by atoms with Gasteiger partial charge in [-0.25, -0.2) is 0 Å². The lowest BCUT2D eigenvalue weighted by Crippen LogP contribution is -1.68. The summed E-state index contributed by atoms with van der Waals surface area (Å²) >= 11 is 0. The lowest BCUT2D eigenvalue weighted by molar-refractivity contribution is 1.20. The van der Waals surface area contributed by atoms with E-state index in [9.17, 15) is 0 Å². The smallest absolute Gasteiger partial charge is 0.0278 e. The maximum Gasteiger partial charge on any atom is 0.0278 e. The lowest BCUT2D eigenvalue weighted by atomic mass is 11.0. The first-order valence-corrected chi connectivity index (χ1v) is 1.17. The van der Waals surface area contributed by atoms with Gasteiger partial charge in [-0.05, 0) is 0 Å². The molecule has 0 aliphatic rings. The second kappa shape index (κ2) is 2.70. The van der Waals surface area contributed by atoms with Crippen LogP contribution in [0, 0.1) is 0 Å². The summed E-state index contributed by atoms with van der Waals surface area (Å²) in [5.74, 6) is 0. The first-order chi connectivity index (χ1) is 1.91. The van der Waals surface area contributed by atoms with Gasteiger partial charge in [-0.15, -0.1) is 6.58 Å². The van der Waals surface area contributed by atoms with Crippen molar-refractivity contribution in [2.45, 2.75) is 0 Å². The third-order valence-corrected chi connectivity index (χ3v) is 0.144. The van der Waals surface area contributed by atoms with Crippen molar-refractivity contribution in [1.29, 1.82) is 0 Å². The summed E-state index contributed by atoms with van der Waals surface area (Å²) in [4.78, 5) is 0. The number of hydrogen-bond acceptors (Lipinski definition) is 0. The summed E-state index contributed by atoms with van der Waals surface area (Å²) < 4.78 is 0. The zero-order valence-corrected chi connectivity index (χ0v) is 2.49. The highest BCUT2D eigenvalue weighted by Gasteiger charge is 1.45. The van der Waals surface area contributed by atoms with Crippen LogP contribution in [0.5, 0.6) is 0 Å². The molecule has 0 saturated carbocycles. The van der Waals surface area contributed by atoms with Crippen molar-refractivity contribution in [2.75, 3.05) is 6.54 Å². The fraction of sp³-hybridized carbons (Fsp3) is 0.333. The molecule has 0 aromatic heterocycles. The van der Waals surface area contributed by atoms with Crippen LogP contribution < -0.4 is 5.73 Å². The third-order valence-electron chi connectivity index (χ3n) is 0.144. The van der Waals surface area contributed by atoms with Crippen LogP contribution in [-0.2, 0) is 0 Å². The molecule has 0 bridgehead atoms. The predicted octanol–water partition coefficient (Wildman–Crippen LogP) is 0.455. The van der Waals surface area contributed by atoms with E-state index in [4.69, 9.17) is 5.73 Å². The molecule has 23 valence electrons. The molecule has 0 atom stereocenters. The molecule has 0 unspecified atom stereocenters. The first-order valence-electron chi connectivity index (χ1n) is 1.17. The zero-order valence-electron chi connectivity index (χ0n) is 2.49. The summed E-state index contributed by atoms with van der Waals surface area (Å²) in [6.45, 7) is 3.62. The maximum absolute atomic E-state index is 6.33. The van der Waals surface area contributed by atoms with Crippen LogP contribution >= 0.6 is 0 Å². The number of nitrogens with one attached hydrogen (secondary N) is 1. The molecule has 1 nitrogen and oxygen atoms in total. The maximum atomic E-state index is 6.33. The normalized spacial score (nSPS) is 6.25. The quantitative estimate of drug-likeness (QED) is 0.308. The molecule has 1 N–H and O–H groups in total. The van der Waals surface area contributed by atoms with E-state index in [1.807, 2.05) is 0 Å². The molecule has 0 rings (SSSR count). The third kappa shape index (κ3) is 1.70. The van der Waals surface area contributed by atoms with Crippen LogP contribution in [0.2, 0.25) is 0 Å². The van der Waals surface area contributed by atoms with Crippen molar-refractivity contribution >= 4 is 0 Å². The Labute approximate surface area is 26.1 Å². The largest absolute Gasteiger partial charge is 0.254 e. The van der Waals surface area contributed by atoms with Crippen molar-refractivity contribution in [3.8, 4) is 0 Å². The molecular weight excluding hydrogens is 51.0 g/mol. The summed E-state index contributed by atoms with van der Waals surface area (Å²) in [5, 5.41) is 0. The van der Waals surface area contributed by atoms with Gasteiger partial charge in [0, 0.05) is 6.54 Å². The molecule has 0 aromatic rings. The Balaban J connectivity index is 2.30. The highest BCUT2D eigenvalue weighted by Crippen LogP contribution is 1.44. The van der Waals surface area contributed by atoms with E-state index >= 15 is 0 Å². The van der Waals surface area contributed by atoms with Crippen LogP contribution in [0.3, 0.4) is 0 Å². The fourth-order valence-corrected chi connectivity index (χ4v) is 0. The van der Waals surface area contributed by atoms with Crippen LogP contribution in [0.4, 0.5) is 0 Å². The highest BCUT2D eigenvalue weighted by atomic mass is 14.7. The van der Waals surface area contributed by atoms with Gasteiger partial charge in [-0.1, -0.05) is 6.08 Å². The van der Waals surface area contributed by atoms with Crippen molar-refractivity contribution in [2.24, 2.45) is 0 Å². The van der Waals surface area contributed by atoms with Gasteiger partial charge >= 0.3 is 0 Å². The van der Waals surface area contributed by atoms with Gasteiger partial charge in [-0.2, -0.15) is 0 Å². The Morgan fingerprint density at radius 1 is 2.00 bits per heavy atom. The van der Waals surface area contributed by atoms with E-state index in [0.717, 1.165) is 0 Å². The summed E-state index contributed by atoms with van der Waals surface area (Å²) in [7, 11) is 0. The minimum Gasteiger partial charge on any atom is -0.254 e. The number of hydrogen-bond donors (Lipinski definition) is 0. The van der Waals surface area contributed by atoms with Crippen molar-refractivity contribution in [1.82, 2.24) is 5.73 Å². The van der Waals surface area contributed by atoms with Gasteiger partial charge in [-0.3, -0.25) is 5.73 Å². The molecule has 0 fully saturated rings. The van der Waals surface area contributed by atoms with E-state index in [1.54, 1.807) is 6.08 Å². The monoisotopic (exact) mass is 57.1 g/mol. The lowest BCUT2D eigenvalue weighted by Gasteiger charge is -1.58. The predicted molar refractivity (Wildman–Crippen MR) is 18.2 cm³/mol. The van der Waals surface area contributed by atoms with Crippen LogP contribution in [-0.4, -0.2) is 6.54 Å². The molecule has 0 saturated heterocycles. The van der Waals surface area contributed by atoms with Crippen molar-refractivity contribution in [3.63, 3.8) is 0 Å². The van der Waals surface area contributed by atoms with Crippen molar-refractivity contribution in [3.05, 3.63) is 12.7 Å². The molecule has 0 aliphatic heterocycles. The Morgan fingerprint density at radius 2 is 2.25 bits per heavy atom. The Kier molecular flexibility index (Phi) is 2.50. The summed E-state index contributed by atoms with van der Waals surface area (Å²) in [6.07, 6.45) is 1.54. The summed E-state index contributed by atoms with van der Waals surface area (Å²) in [6, 6.07) is 0. The molecule has 4 heavy (non-hydrogen) atoms. The van der Waals surface area contributed by atoms with Crippen LogP contribution in [0.15, 0.2) is 12.7 Å². The summed E-state index contributed by atoms with van der Waals surface area (Å²) in [5.41, 5.74) is 6.33. The fourth-order valence-electron chi connectivity index (χ4n) is 0. The SMILES string of the molecule is C=C[13CH2][NH]. The van der Waals surface area contributed by atoms with Crippen LogP contribution in [0.25, 0.3) is 0 Å². The molecule has 0 spiro atoms. The zero-order chi connectivity index (χ0) is 3.41. The first kappa shape index (κ1) is 3.70. The Bertz CT molecular complexity index is 17.2. The topological polar surface area (TPSA) is 23.8 Å². The highest BCUT2D eigenvalue weighted by molar-refractivity contribution is 4.64. The molecular formula is C3H6N. The molecule has 0 aliphatic carbocycles. The van der Waals surface area contributed by atoms with E-state index in [1.165, 1.54) is 0 Å². The van der Waals surface area contributed by atoms with Gasteiger partial charge in [0.1, 0.15) is 0 Å². The van der Waals surface area contributed by atoms with Crippen LogP contribution in [0.1, 0.15) is 0 Å². The van der Waals surface area contributed by atoms with E-state index in [-0.39, 0.29) is 0 Å². The molecule has 0 heterocycles. The molecule has 1 heteroatoms. The number of rotatable bonds is 1. The second-order valence-corrected chi connectivity index (χ2v) is 0.493. The molecule has 0 aromatic carbocycles. The Morgan fingerprint density at radius 3 is 2.25 bits per heavy atom. The van der Waals surface area contributed by atoms with Crippen molar-refractivity contribution < 1.29 is 0 Å². The van der Waals surface area contributed by atoms with Gasteiger partial charge in [0.2, 0.25) is 0 Å². The van der Waals surface area contributed by atoms with Gasteiger partial charge < -0.3 is 0 Å². The minimum absolute atomic E-state index is 0.333. The van der Waals surface area contributed by atoms with Gasteiger partial charge in [0.05, 0.1) is 0 Å². The molecule has 1 radical (unpaired) electrons. The average Bonchev–Trinajstić information content (AvgIpc) is 1.37.